The normalized spacial score (nSPS) is 10.6. The predicted octanol–water partition coefficient (Wildman–Crippen LogP) is 4.85. The van der Waals surface area contributed by atoms with Crippen molar-refractivity contribution in [1.29, 1.82) is 0 Å². The van der Waals surface area contributed by atoms with E-state index in [2.05, 4.69) is 10.3 Å². The molecule has 0 fully saturated rings. The first-order valence-corrected chi connectivity index (χ1v) is 9.12. The molecule has 3 rings (SSSR count). The molecule has 1 aromatic carbocycles. The van der Waals surface area contributed by atoms with Gasteiger partial charge in [0.25, 0.3) is 0 Å². The highest BCUT2D eigenvalue weighted by atomic mass is 35.5. The van der Waals surface area contributed by atoms with Crippen molar-refractivity contribution in [2.45, 2.75) is 19.4 Å². The Morgan fingerprint density at radius 3 is 2.92 bits per heavy atom. The minimum absolute atomic E-state index is 0.145. The van der Waals surface area contributed by atoms with Gasteiger partial charge in [0.15, 0.2) is 0 Å². The third kappa shape index (κ3) is 4.65. The van der Waals surface area contributed by atoms with E-state index in [0.717, 1.165) is 16.8 Å². The summed E-state index contributed by atoms with van der Waals surface area (Å²) in [4.78, 5) is 16.4. The van der Waals surface area contributed by atoms with Crippen molar-refractivity contribution >= 4 is 28.8 Å². The summed E-state index contributed by atoms with van der Waals surface area (Å²) in [6, 6.07) is 10.4. The van der Waals surface area contributed by atoms with Gasteiger partial charge in [0, 0.05) is 40.7 Å². The first kappa shape index (κ1) is 17.6. The number of amides is 1. The van der Waals surface area contributed by atoms with Crippen LogP contribution in [-0.4, -0.2) is 10.9 Å². The number of rotatable bonds is 6. The number of hydrogen-bond donors (Lipinski definition) is 1. The van der Waals surface area contributed by atoms with E-state index in [1.54, 1.807) is 29.7 Å². The lowest BCUT2D eigenvalue weighted by Gasteiger charge is -2.08. The van der Waals surface area contributed by atoms with E-state index in [4.69, 9.17) is 11.6 Å². The molecule has 3 aromatic rings. The molecule has 25 heavy (non-hydrogen) atoms. The van der Waals surface area contributed by atoms with Crippen LogP contribution in [0, 0.1) is 5.82 Å². The standard InChI is InChI=1S/C19H16ClFN2OS/c20-16-2-1-3-17(21)15(16)4-5-19(24)23-11-13-6-8-22-18(10-13)14-7-9-25-12-14/h1-3,6-10,12H,4-5,11H2,(H,23,24). The van der Waals surface area contributed by atoms with E-state index >= 15 is 0 Å². The fourth-order valence-electron chi connectivity index (χ4n) is 2.45. The Balaban J connectivity index is 1.55. The summed E-state index contributed by atoms with van der Waals surface area (Å²) < 4.78 is 13.7. The van der Waals surface area contributed by atoms with Gasteiger partial charge in [-0.25, -0.2) is 4.39 Å². The second-order valence-corrected chi connectivity index (χ2v) is 6.73. The molecule has 0 aliphatic rings. The molecule has 2 aromatic heterocycles. The number of pyridine rings is 1. The van der Waals surface area contributed by atoms with Gasteiger partial charge in [-0.3, -0.25) is 9.78 Å². The fraction of sp³-hybridized carbons (Fsp3) is 0.158. The summed E-state index contributed by atoms with van der Waals surface area (Å²) in [6.07, 6.45) is 2.19. The molecule has 0 atom stereocenters. The van der Waals surface area contributed by atoms with Crippen LogP contribution in [0.15, 0.2) is 53.4 Å². The third-order valence-electron chi connectivity index (χ3n) is 3.79. The summed E-state index contributed by atoms with van der Waals surface area (Å²) >= 11 is 7.59. The third-order valence-corrected chi connectivity index (χ3v) is 4.83. The molecular formula is C19H16ClFN2OS. The number of nitrogens with one attached hydrogen (secondary N) is 1. The van der Waals surface area contributed by atoms with Gasteiger partial charge in [0.05, 0.1) is 5.69 Å². The van der Waals surface area contributed by atoms with Crippen LogP contribution in [0.3, 0.4) is 0 Å². The van der Waals surface area contributed by atoms with E-state index in [9.17, 15) is 9.18 Å². The van der Waals surface area contributed by atoms with Crippen molar-refractivity contribution in [3.63, 3.8) is 0 Å². The average molecular weight is 375 g/mol. The van der Waals surface area contributed by atoms with Crippen LogP contribution in [0.1, 0.15) is 17.5 Å². The maximum Gasteiger partial charge on any atom is 0.220 e. The Kier molecular flexibility index (Phi) is 5.79. The van der Waals surface area contributed by atoms with Crippen LogP contribution in [0.4, 0.5) is 4.39 Å². The highest BCUT2D eigenvalue weighted by Crippen LogP contribution is 2.21. The van der Waals surface area contributed by atoms with Gasteiger partial charge in [-0.15, -0.1) is 0 Å². The number of halogens is 2. The second kappa shape index (κ2) is 8.23. The molecule has 0 radical (unpaired) electrons. The SMILES string of the molecule is O=C(CCc1c(F)cccc1Cl)NCc1ccnc(-c2ccsc2)c1. The lowest BCUT2D eigenvalue weighted by atomic mass is 10.1. The molecule has 0 saturated heterocycles. The maximum atomic E-state index is 13.7. The van der Waals surface area contributed by atoms with E-state index < -0.39 is 0 Å². The molecule has 0 aliphatic carbocycles. The smallest absolute Gasteiger partial charge is 0.220 e. The van der Waals surface area contributed by atoms with E-state index in [-0.39, 0.29) is 24.6 Å². The number of benzene rings is 1. The molecule has 0 aliphatic heterocycles. The molecule has 0 bridgehead atoms. The summed E-state index contributed by atoms with van der Waals surface area (Å²) in [7, 11) is 0. The molecular weight excluding hydrogens is 359 g/mol. The van der Waals surface area contributed by atoms with E-state index in [0.29, 0.717) is 17.1 Å². The van der Waals surface area contributed by atoms with Crippen molar-refractivity contribution < 1.29 is 9.18 Å². The molecule has 0 spiro atoms. The second-order valence-electron chi connectivity index (χ2n) is 5.54. The zero-order chi connectivity index (χ0) is 17.6. The van der Waals surface area contributed by atoms with Crippen LogP contribution in [0.5, 0.6) is 0 Å². The highest BCUT2D eigenvalue weighted by Gasteiger charge is 2.10. The zero-order valence-electron chi connectivity index (χ0n) is 13.3. The number of nitrogens with zero attached hydrogens (tertiary/aromatic N) is 1. The molecule has 2 heterocycles. The largest absolute Gasteiger partial charge is 0.352 e. The Hall–Kier alpha value is -2.24. The van der Waals surface area contributed by atoms with Crippen molar-refractivity contribution in [3.05, 3.63) is 75.3 Å². The Labute approximate surface area is 154 Å². The molecule has 0 saturated carbocycles. The number of hydrogen-bond acceptors (Lipinski definition) is 3. The van der Waals surface area contributed by atoms with Crippen molar-refractivity contribution in [2.24, 2.45) is 0 Å². The van der Waals surface area contributed by atoms with E-state index in [1.807, 2.05) is 29.0 Å². The first-order chi connectivity index (χ1) is 12.1. The molecule has 1 amide bonds. The average Bonchev–Trinajstić information content (AvgIpc) is 3.14. The quantitative estimate of drug-likeness (QED) is 0.670. The summed E-state index contributed by atoms with van der Waals surface area (Å²) in [5.41, 5.74) is 3.29. The van der Waals surface area contributed by atoms with Gasteiger partial charge < -0.3 is 5.32 Å². The summed E-state index contributed by atoms with van der Waals surface area (Å²) in [5.74, 6) is -0.525. The highest BCUT2D eigenvalue weighted by molar-refractivity contribution is 7.08. The van der Waals surface area contributed by atoms with Gasteiger partial charge in [-0.2, -0.15) is 11.3 Å². The van der Waals surface area contributed by atoms with Gasteiger partial charge >= 0.3 is 0 Å². The van der Waals surface area contributed by atoms with Gasteiger partial charge in [-0.1, -0.05) is 17.7 Å². The fourth-order valence-corrected chi connectivity index (χ4v) is 3.36. The Morgan fingerprint density at radius 1 is 1.28 bits per heavy atom. The number of carbonyl (C=O) groups excluding carboxylic acids is 1. The van der Waals surface area contributed by atoms with Crippen LogP contribution in [-0.2, 0) is 17.8 Å². The summed E-state index contributed by atoms with van der Waals surface area (Å²) in [6.45, 7) is 0.406. The van der Waals surface area contributed by atoms with Crippen molar-refractivity contribution in [3.8, 4) is 11.3 Å². The lowest BCUT2D eigenvalue weighted by molar-refractivity contribution is -0.121. The maximum absolute atomic E-state index is 13.7. The van der Waals surface area contributed by atoms with Gasteiger partial charge in [0.2, 0.25) is 5.91 Å². The van der Waals surface area contributed by atoms with Crippen molar-refractivity contribution in [1.82, 2.24) is 10.3 Å². The molecule has 3 nitrogen and oxygen atoms in total. The molecule has 128 valence electrons. The monoisotopic (exact) mass is 374 g/mol. The molecule has 0 unspecified atom stereocenters. The van der Waals surface area contributed by atoms with Crippen LogP contribution in [0.25, 0.3) is 11.3 Å². The first-order valence-electron chi connectivity index (χ1n) is 7.80. The van der Waals surface area contributed by atoms with Gasteiger partial charge in [0.1, 0.15) is 5.82 Å². The lowest BCUT2D eigenvalue weighted by Crippen LogP contribution is -2.23. The van der Waals surface area contributed by atoms with Crippen LogP contribution >= 0.6 is 22.9 Å². The predicted molar refractivity (Wildman–Crippen MR) is 99.1 cm³/mol. The van der Waals surface area contributed by atoms with Gasteiger partial charge in [-0.05, 0) is 47.7 Å². The number of aromatic nitrogens is 1. The molecule has 1 N–H and O–H groups in total. The Morgan fingerprint density at radius 2 is 2.16 bits per heavy atom. The zero-order valence-corrected chi connectivity index (χ0v) is 14.9. The number of thiophene rings is 1. The molecule has 6 heteroatoms. The number of carbonyl (C=O) groups is 1. The van der Waals surface area contributed by atoms with Crippen LogP contribution < -0.4 is 5.32 Å². The minimum atomic E-state index is -0.380. The van der Waals surface area contributed by atoms with Crippen molar-refractivity contribution in [2.75, 3.05) is 0 Å². The minimum Gasteiger partial charge on any atom is -0.352 e. The van der Waals surface area contributed by atoms with Crippen LogP contribution in [0.2, 0.25) is 5.02 Å². The van der Waals surface area contributed by atoms with E-state index in [1.165, 1.54) is 6.07 Å². The Bertz CT molecular complexity index is 847. The topological polar surface area (TPSA) is 42.0 Å². The summed E-state index contributed by atoms with van der Waals surface area (Å²) in [5, 5.41) is 7.23.